The molecule has 0 saturated heterocycles. The fourth-order valence-electron chi connectivity index (χ4n) is 2.73. The van der Waals surface area contributed by atoms with Gasteiger partial charge < -0.3 is 9.88 Å². The van der Waals surface area contributed by atoms with Crippen molar-refractivity contribution in [2.45, 2.75) is 27.3 Å². The smallest absolute Gasteiger partial charge is 0.267 e. The first kappa shape index (κ1) is 17.2. The molecule has 3 nitrogen and oxygen atoms in total. The molecule has 0 aliphatic heterocycles. The highest BCUT2D eigenvalue weighted by Crippen LogP contribution is 2.34. The monoisotopic (exact) mass is 404 g/mol. The third kappa shape index (κ3) is 3.42. The third-order valence-corrected chi connectivity index (χ3v) is 5.90. The van der Waals surface area contributed by atoms with E-state index < -0.39 is 0 Å². The number of rotatable bonds is 5. The summed E-state index contributed by atoms with van der Waals surface area (Å²) in [5.74, 6) is 0.425. The Morgan fingerprint density at radius 1 is 1.33 bits per heavy atom. The number of halogens is 1. The minimum Gasteiger partial charge on any atom is -0.351 e. The van der Waals surface area contributed by atoms with Crippen molar-refractivity contribution in [2.75, 3.05) is 6.54 Å². The molecule has 2 heterocycles. The number of hydrogen-bond acceptors (Lipinski definition) is 2. The van der Waals surface area contributed by atoms with Crippen LogP contribution < -0.4 is 5.32 Å². The molecule has 1 N–H and O–H groups in total. The van der Waals surface area contributed by atoms with Crippen LogP contribution in [0.15, 0.2) is 40.2 Å². The lowest BCUT2D eigenvalue weighted by molar-refractivity contribution is 0.0940. The number of nitrogens with one attached hydrogen (secondary N) is 1. The minimum absolute atomic E-state index is 0.00687. The summed E-state index contributed by atoms with van der Waals surface area (Å²) in [6.45, 7) is 7.68. The number of fused-ring (bicyclic) bond motifs is 1. The Labute approximate surface area is 154 Å². The predicted molar refractivity (Wildman–Crippen MR) is 105 cm³/mol. The molecular weight excluding hydrogens is 384 g/mol. The molecule has 0 saturated carbocycles. The quantitative estimate of drug-likeness (QED) is 0.622. The zero-order valence-corrected chi connectivity index (χ0v) is 16.5. The van der Waals surface area contributed by atoms with Crippen molar-refractivity contribution in [2.24, 2.45) is 5.92 Å². The van der Waals surface area contributed by atoms with E-state index in [9.17, 15) is 4.79 Å². The summed E-state index contributed by atoms with van der Waals surface area (Å²) < 4.78 is 4.29. The molecule has 0 spiro atoms. The third-order valence-electron chi connectivity index (χ3n) is 4.07. The summed E-state index contributed by atoms with van der Waals surface area (Å²) >= 11 is 5.29. The van der Waals surface area contributed by atoms with Crippen molar-refractivity contribution in [1.29, 1.82) is 0 Å². The molecule has 0 aliphatic rings. The Hall–Kier alpha value is -1.59. The van der Waals surface area contributed by atoms with Gasteiger partial charge in [0.15, 0.2) is 0 Å². The SMILES string of the molecule is Cc1ccccc1Cn1c(C(=O)NCC(C)C)cc2scc(Br)c21. The standard InChI is InChI=1S/C19H21BrN2OS/c1-12(2)9-21-19(23)16-8-17-18(15(20)11-24-17)22(16)10-14-7-5-4-6-13(14)3/h4-8,11-12H,9-10H2,1-3H3,(H,21,23). The van der Waals surface area contributed by atoms with Gasteiger partial charge in [0.1, 0.15) is 5.69 Å². The van der Waals surface area contributed by atoms with Crippen LogP contribution in [0.1, 0.15) is 35.5 Å². The molecule has 3 rings (SSSR count). The van der Waals surface area contributed by atoms with Crippen molar-refractivity contribution in [1.82, 2.24) is 9.88 Å². The number of carbonyl (C=O) groups is 1. The highest BCUT2D eigenvalue weighted by atomic mass is 79.9. The zero-order chi connectivity index (χ0) is 17.3. The summed E-state index contributed by atoms with van der Waals surface area (Å²) in [6.07, 6.45) is 0. The van der Waals surface area contributed by atoms with E-state index in [4.69, 9.17) is 0 Å². The minimum atomic E-state index is -0.00687. The number of benzene rings is 1. The lowest BCUT2D eigenvalue weighted by Gasteiger charge is -2.13. The molecule has 0 atom stereocenters. The van der Waals surface area contributed by atoms with Crippen LogP contribution in [0.5, 0.6) is 0 Å². The topological polar surface area (TPSA) is 34.0 Å². The average Bonchev–Trinajstić information content (AvgIpc) is 3.08. The normalized spacial score (nSPS) is 11.4. The van der Waals surface area contributed by atoms with E-state index in [2.05, 4.69) is 64.1 Å². The fourth-order valence-corrected chi connectivity index (χ4v) is 4.42. The lowest BCUT2D eigenvalue weighted by Crippen LogP contribution is -2.29. The molecule has 0 fully saturated rings. The van der Waals surface area contributed by atoms with Gasteiger partial charge in [-0.2, -0.15) is 0 Å². The maximum atomic E-state index is 12.7. The maximum absolute atomic E-state index is 12.7. The molecule has 1 amide bonds. The van der Waals surface area contributed by atoms with E-state index in [1.165, 1.54) is 11.1 Å². The molecule has 0 bridgehead atoms. The van der Waals surface area contributed by atoms with Crippen LogP contribution in [0.3, 0.4) is 0 Å². The molecule has 0 radical (unpaired) electrons. The largest absolute Gasteiger partial charge is 0.351 e. The summed E-state index contributed by atoms with van der Waals surface area (Å²) in [5, 5.41) is 5.12. The lowest BCUT2D eigenvalue weighted by atomic mass is 10.1. The molecule has 3 aromatic rings. The Morgan fingerprint density at radius 2 is 2.08 bits per heavy atom. The van der Waals surface area contributed by atoms with Gasteiger partial charge in [0.05, 0.1) is 14.7 Å². The van der Waals surface area contributed by atoms with Gasteiger partial charge in [-0.25, -0.2) is 0 Å². The highest BCUT2D eigenvalue weighted by Gasteiger charge is 2.19. The van der Waals surface area contributed by atoms with Crippen molar-refractivity contribution in [3.8, 4) is 0 Å². The number of carbonyl (C=O) groups excluding carboxylic acids is 1. The van der Waals surface area contributed by atoms with Gasteiger partial charge in [-0.3, -0.25) is 4.79 Å². The number of aromatic nitrogens is 1. The highest BCUT2D eigenvalue weighted by molar-refractivity contribution is 9.10. The Balaban J connectivity index is 2.03. The van der Waals surface area contributed by atoms with Gasteiger partial charge >= 0.3 is 0 Å². The Bertz CT molecular complexity index is 879. The molecular formula is C19H21BrN2OS. The van der Waals surface area contributed by atoms with Crippen LogP contribution in [-0.4, -0.2) is 17.0 Å². The van der Waals surface area contributed by atoms with Gasteiger partial charge in [-0.1, -0.05) is 38.1 Å². The predicted octanol–water partition coefficient (Wildman–Crippen LogP) is 5.21. The van der Waals surface area contributed by atoms with Crippen LogP contribution in [0.25, 0.3) is 10.2 Å². The Kier molecular flexibility index (Phi) is 5.11. The van der Waals surface area contributed by atoms with E-state index in [-0.39, 0.29) is 5.91 Å². The van der Waals surface area contributed by atoms with Crippen molar-refractivity contribution in [3.63, 3.8) is 0 Å². The summed E-state index contributed by atoms with van der Waals surface area (Å²) in [6, 6.07) is 10.3. The first-order valence-corrected chi connectivity index (χ1v) is 9.73. The number of hydrogen-bond donors (Lipinski definition) is 1. The van der Waals surface area contributed by atoms with Crippen LogP contribution >= 0.6 is 27.3 Å². The van der Waals surface area contributed by atoms with Crippen LogP contribution in [0.4, 0.5) is 0 Å². The zero-order valence-electron chi connectivity index (χ0n) is 14.1. The first-order chi connectivity index (χ1) is 11.5. The first-order valence-electron chi connectivity index (χ1n) is 8.06. The summed E-state index contributed by atoms with van der Waals surface area (Å²) in [5.41, 5.74) is 4.28. The van der Waals surface area contributed by atoms with E-state index in [1.54, 1.807) is 11.3 Å². The van der Waals surface area contributed by atoms with Gasteiger partial charge in [0, 0.05) is 18.5 Å². The number of aryl methyl sites for hydroxylation is 1. The molecule has 24 heavy (non-hydrogen) atoms. The van der Waals surface area contributed by atoms with E-state index in [0.29, 0.717) is 19.0 Å². The second-order valence-corrected chi connectivity index (χ2v) is 8.21. The van der Waals surface area contributed by atoms with Crippen molar-refractivity contribution < 1.29 is 4.79 Å². The number of amides is 1. The second kappa shape index (κ2) is 7.11. The van der Waals surface area contributed by atoms with E-state index >= 15 is 0 Å². The van der Waals surface area contributed by atoms with Crippen molar-refractivity contribution in [3.05, 3.63) is 57.0 Å². The Morgan fingerprint density at radius 3 is 2.79 bits per heavy atom. The molecule has 1 aromatic carbocycles. The molecule has 2 aromatic heterocycles. The summed E-state index contributed by atoms with van der Waals surface area (Å²) in [4.78, 5) is 12.7. The second-order valence-electron chi connectivity index (χ2n) is 6.44. The van der Waals surface area contributed by atoms with Crippen LogP contribution in [-0.2, 0) is 6.54 Å². The van der Waals surface area contributed by atoms with Gasteiger partial charge in [0.25, 0.3) is 5.91 Å². The van der Waals surface area contributed by atoms with E-state index in [0.717, 1.165) is 20.4 Å². The maximum Gasteiger partial charge on any atom is 0.267 e. The molecule has 5 heteroatoms. The summed E-state index contributed by atoms with van der Waals surface area (Å²) in [7, 11) is 0. The number of thiophene rings is 1. The van der Waals surface area contributed by atoms with Crippen LogP contribution in [0, 0.1) is 12.8 Å². The fraction of sp³-hybridized carbons (Fsp3) is 0.316. The average molecular weight is 405 g/mol. The molecule has 0 aliphatic carbocycles. The van der Waals surface area contributed by atoms with E-state index in [1.807, 2.05) is 18.2 Å². The van der Waals surface area contributed by atoms with Gasteiger partial charge in [-0.15, -0.1) is 11.3 Å². The van der Waals surface area contributed by atoms with Gasteiger partial charge in [-0.05, 0) is 46.0 Å². The molecule has 126 valence electrons. The number of nitrogens with zero attached hydrogens (tertiary/aromatic N) is 1. The molecule has 0 unspecified atom stereocenters. The van der Waals surface area contributed by atoms with Crippen LogP contribution in [0.2, 0.25) is 0 Å². The van der Waals surface area contributed by atoms with Crippen molar-refractivity contribution >= 4 is 43.4 Å². The van der Waals surface area contributed by atoms with Gasteiger partial charge in [0.2, 0.25) is 0 Å².